The number of nitrogens with one attached hydrogen (secondary N) is 1. The van der Waals surface area contributed by atoms with E-state index in [9.17, 15) is 19.5 Å². The van der Waals surface area contributed by atoms with Crippen molar-refractivity contribution in [1.29, 1.82) is 0 Å². The lowest BCUT2D eigenvalue weighted by Gasteiger charge is -2.43. The van der Waals surface area contributed by atoms with Crippen molar-refractivity contribution in [3.05, 3.63) is 0 Å². The van der Waals surface area contributed by atoms with E-state index in [0.717, 1.165) is 0 Å². The molecule has 0 saturated carbocycles. The summed E-state index contributed by atoms with van der Waals surface area (Å²) in [4.78, 5) is 33.5. The number of hydrogen-bond acceptors (Lipinski definition) is 9. The van der Waals surface area contributed by atoms with Crippen LogP contribution in [0.2, 0.25) is 0 Å². The van der Waals surface area contributed by atoms with Gasteiger partial charge in [-0.05, 0) is 7.05 Å². The van der Waals surface area contributed by atoms with E-state index in [4.69, 9.17) is 18.9 Å². The average Bonchev–Trinajstić information content (AvgIpc) is 2.39. The van der Waals surface area contributed by atoms with E-state index >= 15 is 0 Å². The Balaban J connectivity index is 3.01. The molecule has 22 heavy (non-hydrogen) atoms. The van der Waals surface area contributed by atoms with Crippen LogP contribution in [0.1, 0.15) is 20.8 Å². The minimum Gasteiger partial charge on any atom is -0.463 e. The molecule has 3 unspecified atom stereocenters. The summed E-state index contributed by atoms with van der Waals surface area (Å²) in [6, 6.07) is -0.804. The van der Waals surface area contributed by atoms with Crippen molar-refractivity contribution in [3.63, 3.8) is 0 Å². The second-order valence-corrected chi connectivity index (χ2v) is 4.83. The highest BCUT2D eigenvalue weighted by Gasteiger charge is 2.49. The molecule has 9 nitrogen and oxygen atoms in total. The van der Waals surface area contributed by atoms with Gasteiger partial charge >= 0.3 is 17.9 Å². The minimum absolute atomic E-state index is 0.251. The largest absolute Gasteiger partial charge is 0.463 e. The number of hydrogen-bond donors (Lipinski definition) is 2. The van der Waals surface area contributed by atoms with E-state index in [-0.39, 0.29) is 6.61 Å². The second-order valence-electron chi connectivity index (χ2n) is 4.83. The van der Waals surface area contributed by atoms with E-state index in [1.807, 2.05) is 0 Å². The summed E-state index contributed by atoms with van der Waals surface area (Å²) in [5.74, 6) is -1.79. The molecule has 0 bridgehead atoms. The lowest BCUT2D eigenvalue weighted by molar-refractivity contribution is -0.264. The molecule has 0 aromatic heterocycles. The van der Waals surface area contributed by atoms with Crippen molar-refractivity contribution >= 4 is 17.9 Å². The number of carbonyl (C=O) groups is 3. The number of aliphatic hydroxyl groups is 1. The van der Waals surface area contributed by atoms with Crippen LogP contribution < -0.4 is 5.32 Å². The lowest BCUT2D eigenvalue weighted by atomic mass is 9.96. The summed E-state index contributed by atoms with van der Waals surface area (Å²) in [5.41, 5.74) is 0. The highest BCUT2D eigenvalue weighted by molar-refractivity contribution is 5.67. The molecule has 126 valence electrons. The van der Waals surface area contributed by atoms with Gasteiger partial charge in [-0.1, -0.05) is 0 Å². The number of carbonyl (C=O) groups excluding carboxylic acids is 3. The SMILES string of the molecule is CNC1C(OC(C)=O)[C@@H](OC(C)=O)C(COC(C)=O)O[C@H]1O. The molecule has 1 aliphatic rings. The van der Waals surface area contributed by atoms with Crippen LogP contribution in [0.4, 0.5) is 0 Å². The summed E-state index contributed by atoms with van der Waals surface area (Å²) in [7, 11) is 1.53. The molecule has 0 radical (unpaired) electrons. The van der Waals surface area contributed by atoms with Crippen molar-refractivity contribution in [3.8, 4) is 0 Å². The lowest BCUT2D eigenvalue weighted by Crippen LogP contribution is -2.64. The Bertz CT molecular complexity index is 426. The van der Waals surface area contributed by atoms with Crippen molar-refractivity contribution in [1.82, 2.24) is 5.32 Å². The van der Waals surface area contributed by atoms with E-state index < -0.39 is 48.6 Å². The molecule has 0 amide bonds. The average molecular weight is 319 g/mol. The Kier molecular flexibility index (Phi) is 6.72. The molecule has 0 spiro atoms. The van der Waals surface area contributed by atoms with Crippen LogP contribution in [0, 0.1) is 0 Å². The smallest absolute Gasteiger partial charge is 0.303 e. The summed E-state index contributed by atoms with van der Waals surface area (Å²) >= 11 is 0. The fourth-order valence-electron chi connectivity index (χ4n) is 2.23. The number of aliphatic hydroxyl groups excluding tert-OH is 1. The zero-order valence-corrected chi connectivity index (χ0v) is 12.9. The van der Waals surface area contributed by atoms with Crippen LogP contribution in [0.5, 0.6) is 0 Å². The third-order valence-corrected chi connectivity index (χ3v) is 3.05. The van der Waals surface area contributed by atoms with Crippen molar-refractivity contribution in [2.24, 2.45) is 0 Å². The van der Waals surface area contributed by atoms with Crippen molar-refractivity contribution in [2.45, 2.75) is 51.4 Å². The van der Waals surface area contributed by atoms with Gasteiger partial charge in [0.25, 0.3) is 0 Å². The predicted octanol–water partition coefficient (Wildman–Crippen LogP) is -1.28. The molecule has 2 N–H and O–H groups in total. The van der Waals surface area contributed by atoms with Gasteiger partial charge in [-0.25, -0.2) is 0 Å². The molecule has 5 atom stereocenters. The fraction of sp³-hybridized carbons (Fsp3) is 0.769. The summed E-state index contributed by atoms with van der Waals surface area (Å²) < 4.78 is 20.5. The monoisotopic (exact) mass is 319 g/mol. The maximum Gasteiger partial charge on any atom is 0.303 e. The molecule has 1 fully saturated rings. The van der Waals surface area contributed by atoms with Crippen LogP contribution in [-0.4, -0.2) is 67.3 Å². The number of rotatable bonds is 5. The van der Waals surface area contributed by atoms with Crippen LogP contribution in [0.15, 0.2) is 0 Å². The van der Waals surface area contributed by atoms with Gasteiger partial charge in [0, 0.05) is 20.8 Å². The van der Waals surface area contributed by atoms with Crippen LogP contribution in [-0.2, 0) is 33.3 Å². The van der Waals surface area contributed by atoms with Gasteiger partial charge < -0.3 is 29.4 Å². The van der Waals surface area contributed by atoms with Gasteiger partial charge in [0.05, 0.1) is 6.04 Å². The van der Waals surface area contributed by atoms with Gasteiger partial charge in [0.15, 0.2) is 18.5 Å². The summed E-state index contributed by atoms with van der Waals surface area (Å²) in [5, 5.41) is 12.7. The van der Waals surface area contributed by atoms with E-state index in [1.54, 1.807) is 0 Å². The van der Waals surface area contributed by atoms with Gasteiger partial charge in [-0.3, -0.25) is 14.4 Å². The molecule has 1 aliphatic heterocycles. The molecule has 1 heterocycles. The Labute approximate surface area is 127 Å². The zero-order chi connectivity index (χ0) is 16.9. The number of esters is 3. The predicted molar refractivity (Wildman–Crippen MR) is 71.5 cm³/mol. The summed E-state index contributed by atoms with van der Waals surface area (Å²) in [6.07, 6.45) is -4.31. The second kappa shape index (κ2) is 8.06. The highest BCUT2D eigenvalue weighted by atomic mass is 16.7. The van der Waals surface area contributed by atoms with Crippen LogP contribution in [0.25, 0.3) is 0 Å². The first-order valence-electron chi connectivity index (χ1n) is 6.74. The number of ether oxygens (including phenoxy) is 4. The third kappa shape index (κ3) is 4.93. The Morgan fingerprint density at radius 2 is 1.59 bits per heavy atom. The highest BCUT2D eigenvalue weighted by Crippen LogP contribution is 2.25. The van der Waals surface area contributed by atoms with Gasteiger partial charge in [0.2, 0.25) is 0 Å². The molecule has 1 saturated heterocycles. The quantitative estimate of drug-likeness (QED) is 0.471. The molecule has 0 aromatic carbocycles. The van der Waals surface area contributed by atoms with Crippen molar-refractivity contribution < 1.29 is 38.4 Å². The Morgan fingerprint density at radius 1 is 1.05 bits per heavy atom. The molecule has 0 aromatic rings. The van der Waals surface area contributed by atoms with Gasteiger partial charge in [-0.2, -0.15) is 0 Å². The Hall–Kier alpha value is -1.71. The van der Waals surface area contributed by atoms with Gasteiger partial charge in [0.1, 0.15) is 12.7 Å². The maximum absolute atomic E-state index is 11.3. The molecule has 9 heteroatoms. The molecule has 1 rings (SSSR count). The first-order chi connectivity index (χ1) is 10.3. The third-order valence-electron chi connectivity index (χ3n) is 3.05. The first kappa shape index (κ1) is 18.3. The maximum atomic E-state index is 11.3. The normalized spacial score (nSPS) is 31.2. The Morgan fingerprint density at radius 3 is 2.05 bits per heavy atom. The molecule has 0 aliphatic carbocycles. The zero-order valence-electron chi connectivity index (χ0n) is 12.9. The number of likely N-dealkylation sites (N-methyl/N-ethyl adjacent to an activating group) is 1. The van der Waals surface area contributed by atoms with E-state index in [2.05, 4.69) is 5.32 Å². The molecular formula is C13H21NO8. The fourth-order valence-corrected chi connectivity index (χ4v) is 2.23. The van der Waals surface area contributed by atoms with Gasteiger partial charge in [-0.15, -0.1) is 0 Å². The minimum atomic E-state index is -1.33. The summed E-state index contributed by atoms with van der Waals surface area (Å²) in [6.45, 7) is 3.34. The first-order valence-corrected chi connectivity index (χ1v) is 6.74. The van der Waals surface area contributed by atoms with Crippen LogP contribution >= 0.6 is 0 Å². The van der Waals surface area contributed by atoms with E-state index in [0.29, 0.717) is 0 Å². The van der Waals surface area contributed by atoms with Crippen LogP contribution in [0.3, 0.4) is 0 Å². The topological polar surface area (TPSA) is 120 Å². The molecular weight excluding hydrogens is 298 g/mol. The van der Waals surface area contributed by atoms with Crippen molar-refractivity contribution in [2.75, 3.05) is 13.7 Å². The van der Waals surface area contributed by atoms with E-state index in [1.165, 1.54) is 27.8 Å². The standard InChI is InChI=1S/C13H21NO8/c1-6(15)19-5-9-11(20-7(2)16)12(21-8(3)17)10(14-4)13(18)22-9/h9-14,18H,5H2,1-4H3/t9?,10?,11-,12?,13+/m0/s1.